The molecule has 192 valence electrons. The summed E-state index contributed by atoms with van der Waals surface area (Å²) in [5, 5.41) is 44.0. The number of benzene rings is 2. The van der Waals surface area contributed by atoms with E-state index in [4.69, 9.17) is 5.73 Å². The predicted octanol–water partition coefficient (Wildman–Crippen LogP) is 3.29. The molecule has 2 aromatic rings. The Kier molecular flexibility index (Phi) is 5.75. The van der Waals surface area contributed by atoms with Gasteiger partial charge in [0.25, 0.3) is 5.91 Å². The molecule has 6 N–H and O–H groups in total. The van der Waals surface area contributed by atoms with Gasteiger partial charge in [0, 0.05) is 17.9 Å². The van der Waals surface area contributed by atoms with Crippen LogP contribution in [-0.4, -0.2) is 43.5 Å². The van der Waals surface area contributed by atoms with Crippen LogP contribution in [0, 0.1) is 17.8 Å². The van der Waals surface area contributed by atoms with Gasteiger partial charge in [-0.1, -0.05) is 44.2 Å². The standard InChI is InChI=1S/C29H29NO7/c1-13(2)8-14-4-3-5-15(9-14)18-6-7-20(31)23-19(18)11-16-10-17-12-21(32)24(28(30)36)27(35)29(17,37)26(34)22(16)25(23)33/h3-7,9,13,16-17,31,33,35,37H,8,10-12H2,1-2H3,(H2,30,36)/t16-,17+,29+/m1/s1. The summed E-state index contributed by atoms with van der Waals surface area (Å²) in [4.78, 5) is 37.9. The van der Waals surface area contributed by atoms with E-state index in [1.807, 2.05) is 18.2 Å². The van der Waals surface area contributed by atoms with Crippen molar-refractivity contribution in [1.82, 2.24) is 0 Å². The van der Waals surface area contributed by atoms with Crippen LogP contribution in [0.25, 0.3) is 16.9 Å². The number of fused-ring (bicyclic) bond motifs is 3. The van der Waals surface area contributed by atoms with Crippen molar-refractivity contribution in [3.05, 3.63) is 70.0 Å². The molecule has 1 fully saturated rings. The Labute approximate surface area is 213 Å². The van der Waals surface area contributed by atoms with E-state index in [0.29, 0.717) is 11.5 Å². The van der Waals surface area contributed by atoms with Crippen LogP contribution < -0.4 is 5.73 Å². The minimum absolute atomic E-state index is 0.0962. The molecular formula is C29H29NO7. The molecule has 3 atom stereocenters. The van der Waals surface area contributed by atoms with Gasteiger partial charge in [0.05, 0.1) is 5.56 Å². The topological polar surface area (TPSA) is 158 Å². The van der Waals surface area contributed by atoms with Crippen molar-refractivity contribution in [2.45, 2.75) is 45.1 Å². The number of ketones is 2. The number of phenolic OH excluding ortho intramolecular Hbond substituents is 1. The molecule has 0 unspecified atom stereocenters. The lowest BCUT2D eigenvalue weighted by Crippen LogP contribution is -2.58. The highest BCUT2D eigenvalue weighted by molar-refractivity contribution is 6.22. The van der Waals surface area contributed by atoms with Crippen LogP contribution in [0.3, 0.4) is 0 Å². The largest absolute Gasteiger partial charge is 0.508 e. The first-order chi connectivity index (χ1) is 17.4. The Morgan fingerprint density at radius 2 is 1.84 bits per heavy atom. The highest BCUT2D eigenvalue weighted by Crippen LogP contribution is 2.53. The Balaban J connectivity index is 1.67. The second-order valence-corrected chi connectivity index (χ2v) is 10.7. The van der Waals surface area contributed by atoms with Crippen LogP contribution in [0.15, 0.2) is 53.3 Å². The zero-order chi connectivity index (χ0) is 26.8. The summed E-state index contributed by atoms with van der Waals surface area (Å²) < 4.78 is 0. The lowest BCUT2D eigenvalue weighted by atomic mass is 9.59. The number of carbonyl (C=O) groups excluding carboxylic acids is 3. The fourth-order valence-corrected chi connectivity index (χ4v) is 6.23. The summed E-state index contributed by atoms with van der Waals surface area (Å²) in [5.74, 6) is -5.84. The van der Waals surface area contributed by atoms with Crippen molar-refractivity contribution in [2.24, 2.45) is 23.5 Å². The molecule has 0 aromatic heterocycles. The first kappa shape index (κ1) is 24.8. The summed E-state index contributed by atoms with van der Waals surface area (Å²) in [6, 6.07) is 11.3. The number of aliphatic hydroxyl groups excluding tert-OH is 2. The fraction of sp³-hybridized carbons (Fsp3) is 0.345. The maximum absolute atomic E-state index is 13.6. The Morgan fingerprint density at radius 1 is 1.11 bits per heavy atom. The number of amides is 1. The Morgan fingerprint density at radius 3 is 2.51 bits per heavy atom. The lowest BCUT2D eigenvalue weighted by molar-refractivity contribution is -0.147. The van der Waals surface area contributed by atoms with E-state index in [-0.39, 0.29) is 36.1 Å². The van der Waals surface area contributed by atoms with Gasteiger partial charge in [-0.05, 0) is 59.4 Å². The molecule has 1 saturated carbocycles. The van der Waals surface area contributed by atoms with Crippen molar-refractivity contribution in [1.29, 1.82) is 0 Å². The van der Waals surface area contributed by atoms with E-state index < -0.39 is 52.0 Å². The maximum atomic E-state index is 13.6. The molecule has 8 heteroatoms. The number of hydrogen-bond donors (Lipinski definition) is 5. The third kappa shape index (κ3) is 3.66. The van der Waals surface area contributed by atoms with Gasteiger partial charge < -0.3 is 26.2 Å². The molecule has 0 saturated heterocycles. The molecule has 8 nitrogen and oxygen atoms in total. The molecule has 0 aliphatic heterocycles. The van der Waals surface area contributed by atoms with Crippen LogP contribution in [0.2, 0.25) is 0 Å². The first-order valence-electron chi connectivity index (χ1n) is 12.4. The van der Waals surface area contributed by atoms with Crippen molar-refractivity contribution < 1.29 is 34.8 Å². The normalized spacial score (nSPS) is 25.2. The number of carbonyl (C=O) groups is 3. The van der Waals surface area contributed by atoms with E-state index in [2.05, 4.69) is 19.9 Å². The average Bonchev–Trinajstić information content (AvgIpc) is 2.81. The monoisotopic (exact) mass is 503 g/mol. The van der Waals surface area contributed by atoms with Crippen LogP contribution in [0.4, 0.5) is 0 Å². The van der Waals surface area contributed by atoms with Gasteiger partial charge in [-0.3, -0.25) is 14.4 Å². The molecule has 3 aliphatic rings. The third-order valence-electron chi connectivity index (χ3n) is 7.83. The van der Waals surface area contributed by atoms with Gasteiger partial charge in [-0.2, -0.15) is 0 Å². The highest BCUT2D eigenvalue weighted by atomic mass is 16.3. The number of rotatable bonds is 4. The summed E-state index contributed by atoms with van der Waals surface area (Å²) >= 11 is 0. The van der Waals surface area contributed by atoms with Crippen LogP contribution >= 0.6 is 0 Å². The van der Waals surface area contributed by atoms with E-state index in [1.165, 1.54) is 6.07 Å². The van der Waals surface area contributed by atoms with Crippen LogP contribution in [0.5, 0.6) is 5.75 Å². The Hall–Kier alpha value is -3.91. The molecule has 0 heterocycles. The number of phenols is 1. The number of Topliss-reactive ketones (excluding diaryl/α,β-unsaturated/α-hetero) is 2. The molecule has 0 spiro atoms. The van der Waals surface area contributed by atoms with E-state index in [0.717, 1.165) is 23.1 Å². The van der Waals surface area contributed by atoms with Crippen molar-refractivity contribution in [2.75, 3.05) is 0 Å². The molecule has 37 heavy (non-hydrogen) atoms. The number of primary amides is 1. The van der Waals surface area contributed by atoms with Crippen LogP contribution in [-0.2, 0) is 27.2 Å². The number of aromatic hydroxyl groups is 1. The second kappa shape index (κ2) is 8.59. The summed E-state index contributed by atoms with van der Waals surface area (Å²) in [5.41, 5.74) is 5.34. The summed E-state index contributed by atoms with van der Waals surface area (Å²) in [6.45, 7) is 4.27. The van der Waals surface area contributed by atoms with Gasteiger partial charge >= 0.3 is 0 Å². The van der Waals surface area contributed by atoms with E-state index in [9.17, 15) is 34.8 Å². The van der Waals surface area contributed by atoms with Gasteiger partial charge in [0.2, 0.25) is 5.78 Å². The van der Waals surface area contributed by atoms with Crippen molar-refractivity contribution >= 4 is 23.2 Å². The molecule has 0 radical (unpaired) electrons. The number of aliphatic hydroxyl groups is 3. The lowest BCUT2D eigenvalue weighted by Gasteiger charge is -2.46. The van der Waals surface area contributed by atoms with Gasteiger partial charge in [0.15, 0.2) is 11.4 Å². The molecular weight excluding hydrogens is 474 g/mol. The molecule has 5 rings (SSSR count). The zero-order valence-electron chi connectivity index (χ0n) is 20.6. The number of hydrogen-bond acceptors (Lipinski definition) is 7. The molecule has 1 amide bonds. The van der Waals surface area contributed by atoms with E-state index in [1.54, 1.807) is 6.07 Å². The molecule has 2 aromatic carbocycles. The van der Waals surface area contributed by atoms with Gasteiger partial charge in [-0.25, -0.2) is 0 Å². The third-order valence-corrected chi connectivity index (χ3v) is 7.83. The first-order valence-corrected chi connectivity index (χ1v) is 12.4. The summed E-state index contributed by atoms with van der Waals surface area (Å²) in [7, 11) is 0. The zero-order valence-corrected chi connectivity index (χ0v) is 20.6. The summed E-state index contributed by atoms with van der Waals surface area (Å²) in [6.07, 6.45) is 0.920. The minimum atomic E-state index is -2.56. The predicted molar refractivity (Wildman–Crippen MR) is 135 cm³/mol. The highest BCUT2D eigenvalue weighted by Gasteiger charge is 2.60. The van der Waals surface area contributed by atoms with E-state index >= 15 is 0 Å². The fourth-order valence-electron chi connectivity index (χ4n) is 6.23. The Bertz CT molecular complexity index is 1430. The molecule has 0 bridgehead atoms. The minimum Gasteiger partial charge on any atom is -0.508 e. The quantitative estimate of drug-likeness (QED) is 0.401. The van der Waals surface area contributed by atoms with Gasteiger partial charge in [-0.15, -0.1) is 0 Å². The maximum Gasteiger partial charge on any atom is 0.255 e. The average molecular weight is 504 g/mol. The van der Waals surface area contributed by atoms with Crippen molar-refractivity contribution in [3.8, 4) is 16.9 Å². The van der Waals surface area contributed by atoms with Crippen LogP contribution in [0.1, 0.15) is 43.4 Å². The second-order valence-electron chi connectivity index (χ2n) is 10.7. The SMILES string of the molecule is CC(C)Cc1cccc(-c2ccc(O)c3c2C[C@H]2C[C@H]4CC(=O)C(C(N)=O)=C(O)[C@@]4(O)C(=O)C2=C3O)c1. The smallest absolute Gasteiger partial charge is 0.255 e. The van der Waals surface area contributed by atoms with Gasteiger partial charge in [0.1, 0.15) is 22.8 Å². The number of nitrogens with two attached hydrogens (primary N) is 1. The molecule has 3 aliphatic carbocycles. The van der Waals surface area contributed by atoms with Crippen molar-refractivity contribution in [3.63, 3.8) is 0 Å².